The van der Waals surface area contributed by atoms with Crippen molar-refractivity contribution >= 4 is 0 Å². The zero-order chi connectivity index (χ0) is 14.0. The highest BCUT2D eigenvalue weighted by atomic mass is 16.5. The predicted molar refractivity (Wildman–Crippen MR) is 79.3 cm³/mol. The second-order valence-electron chi connectivity index (χ2n) is 6.69. The maximum Gasteiger partial charge on any atom is 0.0661 e. The lowest BCUT2D eigenvalue weighted by molar-refractivity contribution is -0.0755. The van der Waals surface area contributed by atoms with Crippen LogP contribution in [-0.4, -0.2) is 67.3 Å². The smallest absolute Gasteiger partial charge is 0.0661 e. The zero-order valence-corrected chi connectivity index (χ0v) is 13.1. The summed E-state index contributed by atoms with van der Waals surface area (Å²) >= 11 is 0. The van der Waals surface area contributed by atoms with Crippen molar-refractivity contribution in [3.8, 4) is 0 Å². The van der Waals surface area contributed by atoms with Crippen molar-refractivity contribution in [2.75, 3.05) is 39.9 Å². The van der Waals surface area contributed by atoms with Gasteiger partial charge in [0.15, 0.2) is 0 Å². The first-order valence-corrected chi connectivity index (χ1v) is 7.75. The Bertz CT molecular complexity index is 297. The summed E-state index contributed by atoms with van der Waals surface area (Å²) in [4.78, 5) is 5.31. The normalized spacial score (nSPS) is 32.5. The number of nitrogens with two attached hydrogens (primary N) is 1. The van der Waals surface area contributed by atoms with E-state index in [2.05, 4.69) is 30.6 Å². The van der Waals surface area contributed by atoms with Crippen molar-refractivity contribution in [2.45, 2.75) is 51.2 Å². The number of piperazine rings is 1. The van der Waals surface area contributed by atoms with Crippen LogP contribution in [0.15, 0.2) is 0 Å². The van der Waals surface area contributed by atoms with E-state index in [1.54, 1.807) is 7.11 Å². The third kappa shape index (κ3) is 2.68. The summed E-state index contributed by atoms with van der Waals surface area (Å²) in [6.07, 6.45) is 2.70. The van der Waals surface area contributed by atoms with Crippen LogP contribution in [0.4, 0.5) is 0 Å². The number of hydrogen-bond acceptors (Lipinski definition) is 4. The molecule has 2 fully saturated rings. The van der Waals surface area contributed by atoms with Gasteiger partial charge in [0, 0.05) is 38.8 Å². The first-order valence-electron chi connectivity index (χ1n) is 7.75. The molecule has 2 rings (SSSR count). The molecule has 0 aromatic rings. The molecule has 0 spiro atoms. The van der Waals surface area contributed by atoms with Gasteiger partial charge in [-0.1, -0.05) is 13.8 Å². The highest BCUT2D eigenvalue weighted by Gasteiger charge is 2.46. The Kier molecular flexibility index (Phi) is 4.88. The van der Waals surface area contributed by atoms with Crippen LogP contribution in [0.25, 0.3) is 0 Å². The molecular formula is C15H31N3O. The van der Waals surface area contributed by atoms with Gasteiger partial charge in [-0.05, 0) is 32.2 Å². The third-order valence-corrected chi connectivity index (χ3v) is 5.33. The highest BCUT2D eigenvalue weighted by Crippen LogP contribution is 2.33. The molecule has 2 aliphatic heterocycles. The Morgan fingerprint density at radius 2 is 2.11 bits per heavy atom. The van der Waals surface area contributed by atoms with E-state index in [-0.39, 0.29) is 5.54 Å². The quantitative estimate of drug-likeness (QED) is 0.813. The molecule has 0 saturated carbocycles. The van der Waals surface area contributed by atoms with Gasteiger partial charge >= 0.3 is 0 Å². The Morgan fingerprint density at radius 1 is 1.37 bits per heavy atom. The Labute approximate surface area is 118 Å². The largest absolute Gasteiger partial charge is 0.383 e. The monoisotopic (exact) mass is 269 g/mol. The van der Waals surface area contributed by atoms with Gasteiger partial charge < -0.3 is 10.5 Å². The van der Waals surface area contributed by atoms with Crippen LogP contribution in [0.5, 0.6) is 0 Å². The van der Waals surface area contributed by atoms with E-state index in [0.717, 1.165) is 19.2 Å². The van der Waals surface area contributed by atoms with E-state index in [1.165, 1.54) is 25.9 Å². The minimum atomic E-state index is -0.0111. The second kappa shape index (κ2) is 6.08. The van der Waals surface area contributed by atoms with Crippen molar-refractivity contribution in [2.24, 2.45) is 11.7 Å². The van der Waals surface area contributed by atoms with Gasteiger partial charge in [0.05, 0.1) is 12.1 Å². The Hall–Kier alpha value is -0.160. The second-order valence-corrected chi connectivity index (χ2v) is 6.69. The van der Waals surface area contributed by atoms with Crippen LogP contribution < -0.4 is 5.73 Å². The van der Waals surface area contributed by atoms with Crippen molar-refractivity contribution in [1.29, 1.82) is 0 Å². The SMILES string of the molecule is COCC(CN)(C(C)C)N1CC2CCCN2CC1C. The van der Waals surface area contributed by atoms with Crippen LogP contribution in [0.2, 0.25) is 0 Å². The molecule has 112 valence electrons. The third-order valence-electron chi connectivity index (χ3n) is 5.33. The number of hydrogen-bond donors (Lipinski definition) is 1. The number of ether oxygens (including phenoxy) is 1. The first kappa shape index (κ1) is 15.2. The summed E-state index contributed by atoms with van der Waals surface area (Å²) in [6, 6.07) is 1.30. The van der Waals surface area contributed by atoms with Gasteiger partial charge in [0.1, 0.15) is 0 Å². The summed E-state index contributed by atoms with van der Waals surface area (Å²) in [7, 11) is 1.79. The summed E-state index contributed by atoms with van der Waals surface area (Å²) in [6.45, 7) is 11.9. The van der Waals surface area contributed by atoms with E-state index in [4.69, 9.17) is 10.5 Å². The average Bonchev–Trinajstić information content (AvgIpc) is 2.82. The maximum atomic E-state index is 6.19. The van der Waals surface area contributed by atoms with E-state index >= 15 is 0 Å². The molecule has 4 heteroatoms. The van der Waals surface area contributed by atoms with Crippen molar-refractivity contribution in [3.05, 3.63) is 0 Å². The van der Waals surface area contributed by atoms with E-state index < -0.39 is 0 Å². The summed E-state index contributed by atoms with van der Waals surface area (Å²) in [5.41, 5.74) is 6.18. The van der Waals surface area contributed by atoms with E-state index in [0.29, 0.717) is 18.5 Å². The van der Waals surface area contributed by atoms with Crippen molar-refractivity contribution in [1.82, 2.24) is 9.80 Å². The van der Waals surface area contributed by atoms with E-state index in [9.17, 15) is 0 Å². The van der Waals surface area contributed by atoms with Crippen LogP contribution in [0.1, 0.15) is 33.6 Å². The fraction of sp³-hybridized carbons (Fsp3) is 1.00. The van der Waals surface area contributed by atoms with Gasteiger partial charge in [0.2, 0.25) is 0 Å². The Balaban J connectivity index is 2.20. The van der Waals surface area contributed by atoms with Crippen LogP contribution in [-0.2, 0) is 4.74 Å². The molecule has 0 radical (unpaired) electrons. The molecule has 0 aromatic carbocycles. The molecule has 4 nitrogen and oxygen atoms in total. The van der Waals surface area contributed by atoms with E-state index in [1.807, 2.05) is 0 Å². The number of fused-ring (bicyclic) bond motifs is 1. The van der Waals surface area contributed by atoms with Gasteiger partial charge in [0.25, 0.3) is 0 Å². The molecular weight excluding hydrogens is 238 g/mol. The van der Waals surface area contributed by atoms with Crippen LogP contribution >= 0.6 is 0 Å². The molecule has 19 heavy (non-hydrogen) atoms. The molecule has 0 amide bonds. The molecule has 2 heterocycles. The van der Waals surface area contributed by atoms with Crippen molar-refractivity contribution < 1.29 is 4.74 Å². The minimum Gasteiger partial charge on any atom is -0.383 e. The molecule has 0 bridgehead atoms. The Morgan fingerprint density at radius 3 is 2.68 bits per heavy atom. The molecule has 2 saturated heterocycles. The van der Waals surface area contributed by atoms with Crippen molar-refractivity contribution in [3.63, 3.8) is 0 Å². The van der Waals surface area contributed by atoms with Gasteiger partial charge in [-0.2, -0.15) is 0 Å². The predicted octanol–water partition coefficient (Wildman–Crippen LogP) is 1.15. The first-order chi connectivity index (χ1) is 9.05. The van der Waals surface area contributed by atoms with Gasteiger partial charge in [-0.15, -0.1) is 0 Å². The molecule has 2 aliphatic rings. The highest BCUT2D eigenvalue weighted by molar-refractivity contribution is 5.02. The molecule has 0 aromatic heterocycles. The molecule has 0 aliphatic carbocycles. The van der Waals surface area contributed by atoms with Gasteiger partial charge in [-0.3, -0.25) is 9.80 Å². The standard InChI is InChI=1S/C15H31N3O/c1-12(2)15(10-16,11-19-4)18-9-14-6-5-7-17(14)8-13(18)3/h12-14H,5-11,16H2,1-4H3. The summed E-state index contributed by atoms with van der Waals surface area (Å²) in [5, 5.41) is 0. The number of rotatable bonds is 5. The fourth-order valence-corrected chi connectivity index (χ4v) is 4.05. The molecule has 3 unspecified atom stereocenters. The van der Waals surface area contributed by atoms with Crippen LogP contribution in [0, 0.1) is 5.92 Å². The molecule has 2 N–H and O–H groups in total. The number of methoxy groups -OCH3 is 1. The maximum absolute atomic E-state index is 6.19. The minimum absolute atomic E-state index is 0.0111. The van der Waals surface area contributed by atoms with Crippen LogP contribution in [0.3, 0.4) is 0 Å². The lowest BCUT2D eigenvalue weighted by Gasteiger charge is -2.54. The number of nitrogens with zero attached hydrogens (tertiary/aromatic N) is 2. The van der Waals surface area contributed by atoms with Gasteiger partial charge in [-0.25, -0.2) is 0 Å². The lowest BCUT2D eigenvalue weighted by atomic mass is 9.82. The zero-order valence-electron chi connectivity index (χ0n) is 13.1. The fourth-order valence-electron chi connectivity index (χ4n) is 4.05. The molecule has 3 atom stereocenters. The summed E-state index contributed by atoms with van der Waals surface area (Å²) in [5.74, 6) is 0.507. The topological polar surface area (TPSA) is 41.7 Å². The summed E-state index contributed by atoms with van der Waals surface area (Å²) < 4.78 is 5.54. The lowest BCUT2D eigenvalue weighted by Crippen LogP contribution is -2.69. The average molecular weight is 269 g/mol.